The number of nitrogens with zero attached hydrogens (tertiary/aromatic N) is 1. The molecule has 0 radical (unpaired) electrons. The number of aromatic amines is 1. The van der Waals surface area contributed by atoms with Gasteiger partial charge in [0.15, 0.2) is 0 Å². The first-order valence-electron chi connectivity index (χ1n) is 6.95. The molecular formula is C15H21N3O. The quantitative estimate of drug-likeness (QED) is 0.776. The van der Waals surface area contributed by atoms with E-state index >= 15 is 0 Å². The maximum atomic E-state index is 10.7. The Kier molecular flexibility index (Phi) is 3.07. The lowest BCUT2D eigenvalue weighted by molar-refractivity contribution is 0.0855. The van der Waals surface area contributed by atoms with Gasteiger partial charge in [0.25, 0.3) is 0 Å². The predicted octanol–water partition coefficient (Wildman–Crippen LogP) is 2.52. The van der Waals surface area contributed by atoms with E-state index in [0.717, 1.165) is 35.7 Å². The number of piperidine rings is 1. The van der Waals surface area contributed by atoms with Crippen molar-refractivity contribution in [2.45, 2.75) is 50.8 Å². The molecule has 0 aliphatic carbocycles. The summed E-state index contributed by atoms with van der Waals surface area (Å²) >= 11 is 0. The summed E-state index contributed by atoms with van der Waals surface area (Å²) in [5.41, 5.74) is 2.04. The lowest BCUT2D eigenvalue weighted by atomic mass is 9.85. The highest BCUT2D eigenvalue weighted by atomic mass is 16.3. The third-order valence-electron chi connectivity index (χ3n) is 4.11. The van der Waals surface area contributed by atoms with E-state index in [2.05, 4.69) is 29.4 Å². The van der Waals surface area contributed by atoms with Gasteiger partial charge in [0.2, 0.25) is 0 Å². The first kappa shape index (κ1) is 12.6. The van der Waals surface area contributed by atoms with Gasteiger partial charge >= 0.3 is 0 Å². The molecule has 102 valence electrons. The van der Waals surface area contributed by atoms with Crippen molar-refractivity contribution in [3.63, 3.8) is 0 Å². The van der Waals surface area contributed by atoms with Crippen LogP contribution in [0.1, 0.15) is 44.8 Å². The number of hydrogen-bond acceptors (Lipinski definition) is 3. The second-order valence-corrected chi connectivity index (χ2v) is 6.15. The van der Waals surface area contributed by atoms with Crippen LogP contribution in [0.3, 0.4) is 0 Å². The lowest BCUT2D eigenvalue weighted by Crippen LogP contribution is -2.51. The molecule has 4 heteroatoms. The fourth-order valence-electron chi connectivity index (χ4n) is 3.11. The van der Waals surface area contributed by atoms with Gasteiger partial charge in [-0.2, -0.15) is 5.10 Å². The average Bonchev–Trinajstić information content (AvgIpc) is 2.84. The molecule has 0 bridgehead atoms. The van der Waals surface area contributed by atoms with Crippen LogP contribution in [0.5, 0.6) is 0 Å². The molecule has 1 aromatic carbocycles. The third kappa shape index (κ3) is 2.38. The van der Waals surface area contributed by atoms with Crippen LogP contribution in [-0.2, 0) is 0 Å². The van der Waals surface area contributed by atoms with Crippen LogP contribution < -0.4 is 5.32 Å². The molecule has 3 rings (SSSR count). The normalized spacial score (nSPS) is 24.5. The molecule has 0 spiro atoms. The fraction of sp³-hybridized carbons (Fsp3) is 0.533. The van der Waals surface area contributed by atoms with Crippen LogP contribution in [0.2, 0.25) is 0 Å². The van der Waals surface area contributed by atoms with E-state index in [-0.39, 0.29) is 11.6 Å². The van der Waals surface area contributed by atoms with Crippen LogP contribution in [0, 0.1) is 0 Å². The molecule has 1 aliphatic rings. The van der Waals surface area contributed by atoms with E-state index < -0.39 is 6.10 Å². The van der Waals surface area contributed by atoms with Crippen molar-refractivity contribution < 1.29 is 5.11 Å². The Morgan fingerprint density at radius 3 is 3.05 bits per heavy atom. The molecule has 2 atom stereocenters. The van der Waals surface area contributed by atoms with E-state index in [1.54, 1.807) is 6.20 Å². The number of H-pyrrole nitrogens is 1. The van der Waals surface area contributed by atoms with E-state index in [9.17, 15) is 5.11 Å². The van der Waals surface area contributed by atoms with Gasteiger partial charge in [-0.3, -0.25) is 5.10 Å². The number of aliphatic hydroxyl groups excluding tert-OH is 1. The SMILES string of the molecule is CC1(C)CCC[C@@H]([C@H](O)c2cccc3[nH]ncc23)N1. The highest BCUT2D eigenvalue weighted by molar-refractivity contribution is 5.82. The first-order valence-corrected chi connectivity index (χ1v) is 6.95. The number of nitrogens with one attached hydrogen (secondary N) is 2. The van der Waals surface area contributed by atoms with E-state index in [4.69, 9.17) is 0 Å². The van der Waals surface area contributed by atoms with Gasteiger partial charge in [-0.05, 0) is 44.7 Å². The topological polar surface area (TPSA) is 60.9 Å². The van der Waals surface area contributed by atoms with Crippen LogP contribution in [0.25, 0.3) is 10.9 Å². The van der Waals surface area contributed by atoms with Crippen molar-refractivity contribution >= 4 is 10.9 Å². The van der Waals surface area contributed by atoms with Crippen molar-refractivity contribution in [3.8, 4) is 0 Å². The molecule has 1 fully saturated rings. The van der Waals surface area contributed by atoms with Crippen LogP contribution in [0.15, 0.2) is 24.4 Å². The second kappa shape index (κ2) is 4.62. The second-order valence-electron chi connectivity index (χ2n) is 6.15. The van der Waals surface area contributed by atoms with Crippen molar-refractivity contribution in [3.05, 3.63) is 30.0 Å². The Hall–Kier alpha value is -1.39. The highest BCUT2D eigenvalue weighted by Gasteiger charge is 2.32. The lowest BCUT2D eigenvalue weighted by Gasteiger charge is -2.39. The van der Waals surface area contributed by atoms with Gasteiger partial charge in [0.05, 0.1) is 17.8 Å². The third-order valence-corrected chi connectivity index (χ3v) is 4.11. The maximum absolute atomic E-state index is 10.7. The largest absolute Gasteiger partial charge is 0.387 e. The predicted molar refractivity (Wildman–Crippen MR) is 75.9 cm³/mol. The van der Waals surface area contributed by atoms with E-state index in [1.807, 2.05) is 18.2 Å². The standard InChI is InChI=1S/C15H21N3O/c1-15(2)8-4-7-13(17-15)14(19)10-5-3-6-12-11(10)9-16-18-12/h3,5-6,9,13-14,17,19H,4,7-8H2,1-2H3,(H,16,18)/t13-,14+/m0/s1. The molecule has 19 heavy (non-hydrogen) atoms. The fourth-order valence-corrected chi connectivity index (χ4v) is 3.11. The molecule has 1 saturated heterocycles. The zero-order valence-corrected chi connectivity index (χ0v) is 11.5. The van der Waals surface area contributed by atoms with Crippen molar-refractivity contribution in [1.82, 2.24) is 15.5 Å². The van der Waals surface area contributed by atoms with Crippen molar-refractivity contribution in [2.24, 2.45) is 0 Å². The summed E-state index contributed by atoms with van der Waals surface area (Å²) in [5, 5.41) is 22.3. The Bertz CT molecular complexity index is 576. The van der Waals surface area contributed by atoms with E-state index in [0.29, 0.717) is 0 Å². The van der Waals surface area contributed by atoms with Gasteiger partial charge in [0, 0.05) is 17.0 Å². The molecule has 0 amide bonds. The van der Waals surface area contributed by atoms with Gasteiger partial charge < -0.3 is 10.4 Å². The summed E-state index contributed by atoms with van der Waals surface area (Å²) in [5.74, 6) is 0. The molecule has 2 heterocycles. The Labute approximate surface area is 113 Å². The molecular weight excluding hydrogens is 238 g/mol. The number of hydrogen-bond donors (Lipinski definition) is 3. The minimum atomic E-state index is -0.485. The highest BCUT2D eigenvalue weighted by Crippen LogP contribution is 2.31. The average molecular weight is 259 g/mol. The summed E-state index contributed by atoms with van der Waals surface area (Å²) in [4.78, 5) is 0. The molecule has 0 unspecified atom stereocenters. The van der Waals surface area contributed by atoms with Gasteiger partial charge in [-0.15, -0.1) is 0 Å². The maximum Gasteiger partial charge on any atom is 0.0950 e. The monoisotopic (exact) mass is 259 g/mol. The van der Waals surface area contributed by atoms with Gasteiger partial charge in [-0.1, -0.05) is 12.1 Å². The minimum Gasteiger partial charge on any atom is -0.387 e. The minimum absolute atomic E-state index is 0.105. The summed E-state index contributed by atoms with van der Waals surface area (Å²) in [6.07, 6.45) is 4.64. The Morgan fingerprint density at radius 1 is 1.42 bits per heavy atom. The molecule has 1 aromatic heterocycles. The number of fused-ring (bicyclic) bond motifs is 1. The van der Waals surface area contributed by atoms with Crippen LogP contribution >= 0.6 is 0 Å². The number of rotatable bonds is 2. The Balaban J connectivity index is 1.91. The summed E-state index contributed by atoms with van der Waals surface area (Å²) in [6, 6.07) is 6.06. The smallest absolute Gasteiger partial charge is 0.0950 e. The zero-order chi connectivity index (χ0) is 13.5. The summed E-state index contributed by atoms with van der Waals surface area (Å²) in [6.45, 7) is 4.40. The van der Waals surface area contributed by atoms with E-state index in [1.165, 1.54) is 0 Å². The molecule has 4 nitrogen and oxygen atoms in total. The van der Waals surface area contributed by atoms with Gasteiger partial charge in [0.1, 0.15) is 0 Å². The van der Waals surface area contributed by atoms with Gasteiger partial charge in [-0.25, -0.2) is 0 Å². The number of benzene rings is 1. The van der Waals surface area contributed by atoms with Crippen molar-refractivity contribution in [2.75, 3.05) is 0 Å². The summed E-state index contributed by atoms with van der Waals surface area (Å²) < 4.78 is 0. The first-order chi connectivity index (χ1) is 9.07. The molecule has 0 saturated carbocycles. The Morgan fingerprint density at radius 2 is 2.26 bits per heavy atom. The molecule has 3 N–H and O–H groups in total. The van der Waals surface area contributed by atoms with Crippen molar-refractivity contribution in [1.29, 1.82) is 0 Å². The van der Waals surface area contributed by atoms with Crippen LogP contribution in [0.4, 0.5) is 0 Å². The molecule has 2 aromatic rings. The number of aliphatic hydroxyl groups is 1. The zero-order valence-electron chi connectivity index (χ0n) is 11.5. The summed E-state index contributed by atoms with van der Waals surface area (Å²) in [7, 11) is 0. The number of aromatic nitrogens is 2. The molecule has 1 aliphatic heterocycles. The van der Waals surface area contributed by atoms with Crippen LogP contribution in [-0.4, -0.2) is 26.9 Å².